The molecule has 0 amide bonds. The number of hydrogen-bond acceptors (Lipinski definition) is 0. The molecule has 0 unspecified atom stereocenters. The molecular formula is C20H33Cl2NTi-8. The van der Waals surface area contributed by atoms with E-state index in [0.29, 0.717) is 0 Å². The monoisotopic (exact) mass is 405 g/mol. The summed E-state index contributed by atoms with van der Waals surface area (Å²) in [6.07, 6.45) is 12.9. The number of rotatable bonds is 0. The van der Waals surface area contributed by atoms with Crippen molar-refractivity contribution in [3.63, 3.8) is 0 Å². The van der Waals surface area contributed by atoms with Crippen LogP contribution in [-0.4, -0.2) is 9.80 Å². The summed E-state index contributed by atoms with van der Waals surface area (Å²) < 4.78 is 0. The number of hydrogen-bond donors (Lipinski definition) is 1. The van der Waals surface area contributed by atoms with Crippen LogP contribution in [0.1, 0.15) is 6.42 Å². The van der Waals surface area contributed by atoms with Gasteiger partial charge < -0.3 is 49.5 Å². The number of aromatic amines is 1. The van der Waals surface area contributed by atoms with Gasteiger partial charge in [-0.1, -0.05) is 12.1 Å². The maximum Gasteiger partial charge on any atom is -0.0745 e. The number of aromatic nitrogens is 1. The molecule has 0 saturated heterocycles. The van der Waals surface area contributed by atoms with Gasteiger partial charge in [-0.15, -0.1) is 55.1 Å². The second-order valence-corrected chi connectivity index (χ2v) is 3.00. The summed E-state index contributed by atoms with van der Waals surface area (Å²) in [5.74, 6) is 0. The Morgan fingerprint density at radius 1 is 0.917 bits per heavy atom. The van der Waals surface area contributed by atoms with E-state index in [2.05, 4.69) is 34.2 Å². The van der Waals surface area contributed by atoms with Crippen molar-refractivity contribution in [3.05, 3.63) is 105 Å². The molecule has 24 heavy (non-hydrogen) atoms. The van der Waals surface area contributed by atoms with Crippen LogP contribution < -0.4 is 0 Å². The van der Waals surface area contributed by atoms with E-state index >= 15 is 0 Å². The number of para-hydroxylation sites is 1. The van der Waals surface area contributed by atoms with E-state index in [9.17, 15) is 0 Å². The van der Waals surface area contributed by atoms with Crippen LogP contribution in [-0.2, 0) is 20.0 Å². The average molecular weight is 406 g/mol. The predicted molar refractivity (Wildman–Crippen MR) is 119 cm³/mol. The molecule has 144 valence electrons. The molecule has 1 aromatic heterocycles. The first-order valence-electron chi connectivity index (χ1n) is 4.98. The Bertz CT molecular complexity index is 439. The van der Waals surface area contributed by atoms with E-state index < -0.39 is 0 Å². The number of benzene rings is 1. The van der Waals surface area contributed by atoms with Crippen molar-refractivity contribution in [3.8, 4) is 0 Å². The van der Waals surface area contributed by atoms with Gasteiger partial charge in [0.1, 0.15) is 0 Å². The van der Waals surface area contributed by atoms with Crippen molar-refractivity contribution in [2.75, 3.05) is 0 Å². The average Bonchev–Trinajstić information content (AvgIpc) is 3.06. The topological polar surface area (TPSA) is 15.8 Å². The van der Waals surface area contributed by atoms with Gasteiger partial charge in [0.05, 0.1) is 0 Å². The van der Waals surface area contributed by atoms with Crippen LogP contribution >= 0.6 is 24.8 Å². The van der Waals surface area contributed by atoms with Crippen LogP contribution in [0.2, 0.25) is 0 Å². The van der Waals surface area contributed by atoms with E-state index in [-0.39, 0.29) is 69.4 Å². The molecule has 0 saturated carbocycles. The van der Waals surface area contributed by atoms with E-state index in [1.165, 1.54) is 5.39 Å². The Morgan fingerprint density at radius 2 is 1.46 bits per heavy atom. The second kappa shape index (κ2) is 33.9. The van der Waals surface area contributed by atoms with E-state index in [1.54, 1.807) is 20.0 Å². The summed E-state index contributed by atoms with van der Waals surface area (Å²) in [7, 11) is 0. The molecule has 4 heteroatoms. The number of halogens is 2. The molecule has 1 aromatic carbocycles. The number of nitrogens with one attached hydrogen (secondary N) is 1. The van der Waals surface area contributed by atoms with Crippen molar-refractivity contribution < 1.29 is 20.0 Å². The van der Waals surface area contributed by atoms with Gasteiger partial charge in [0.2, 0.25) is 0 Å². The van der Waals surface area contributed by atoms with E-state index in [1.807, 2.05) is 36.4 Å². The molecule has 0 bridgehead atoms. The molecule has 1 aliphatic rings. The maximum absolute atomic E-state index is 3.25. The normalized spacial score (nSPS) is 7.62. The van der Waals surface area contributed by atoms with Crippen LogP contribution in [0.5, 0.6) is 0 Å². The SMILES string of the molecule is Cl.Cl.[C-]1=CC=CC1.[CH2]=[Ti].[CH3-].[CH3-].[CH3-].[CH3-].[CH3-].[CH3-].[c-]1cc2ccccc2[nH]1. The maximum atomic E-state index is 3.25. The van der Waals surface area contributed by atoms with Crippen LogP contribution in [0.15, 0.2) is 48.6 Å². The van der Waals surface area contributed by atoms with Crippen molar-refractivity contribution in [2.24, 2.45) is 0 Å². The third kappa shape index (κ3) is 19.5. The molecule has 0 radical (unpaired) electrons. The smallest absolute Gasteiger partial charge is 0.0745 e. The molecule has 2 aromatic rings. The van der Waals surface area contributed by atoms with Crippen LogP contribution in [0.4, 0.5) is 0 Å². The minimum Gasteiger partial charge on any atom is -0.477 e. The number of H-pyrrole nitrogens is 1. The van der Waals surface area contributed by atoms with Gasteiger partial charge in [0.25, 0.3) is 0 Å². The molecule has 0 fully saturated rings. The summed E-state index contributed by atoms with van der Waals surface area (Å²) in [4.78, 5) is 6.24. The Morgan fingerprint density at radius 3 is 1.83 bits per heavy atom. The first-order chi connectivity index (χ1) is 7.97. The van der Waals surface area contributed by atoms with E-state index in [0.717, 1.165) is 11.9 Å². The quantitative estimate of drug-likeness (QED) is 0.367. The van der Waals surface area contributed by atoms with Gasteiger partial charge in [0, 0.05) is 0 Å². The standard InChI is InChI=1S/C8H6N.C5H5.6CH3.CH2.2ClH.Ti/c1-2-4-8-7(3-1)5-6-9-8;1-2-4-5-3-1;;;;;;;;;;/h1-5,9H;1-3H,4H2;6*1H3;1H2;2*1H;/q8*-1;;;;. The largest absolute Gasteiger partial charge is 0.477 e. The van der Waals surface area contributed by atoms with Crippen molar-refractivity contribution in [2.45, 2.75) is 6.42 Å². The van der Waals surface area contributed by atoms with Gasteiger partial charge >= 0.3 is 24.8 Å². The molecule has 0 aliphatic heterocycles. The van der Waals surface area contributed by atoms with Gasteiger partial charge in [0.15, 0.2) is 0 Å². The molecule has 1 heterocycles. The van der Waals surface area contributed by atoms with Crippen LogP contribution in [0.25, 0.3) is 10.9 Å². The number of fused-ring (bicyclic) bond motifs is 1. The summed E-state index contributed by atoms with van der Waals surface area (Å²) in [6.45, 7) is 0. The second-order valence-electron chi connectivity index (χ2n) is 3.00. The third-order valence-electron chi connectivity index (χ3n) is 1.98. The van der Waals surface area contributed by atoms with Crippen LogP contribution in [0.3, 0.4) is 0 Å². The first-order valence-corrected chi connectivity index (χ1v) is 6.08. The third-order valence-corrected chi connectivity index (χ3v) is 1.98. The fraction of sp³-hybridized carbons (Fsp3) is 0.0500. The van der Waals surface area contributed by atoms with Gasteiger partial charge in [-0.3, -0.25) is 6.08 Å². The first kappa shape index (κ1) is 49.5. The fourth-order valence-electron chi connectivity index (χ4n) is 1.27. The van der Waals surface area contributed by atoms with Crippen molar-refractivity contribution in [1.82, 2.24) is 4.98 Å². The van der Waals surface area contributed by atoms with E-state index in [4.69, 9.17) is 0 Å². The number of allylic oxidation sites excluding steroid dienone is 4. The molecule has 3 rings (SSSR count). The summed E-state index contributed by atoms with van der Waals surface area (Å²) in [5.41, 5.74) is 1.15. The Hall–Kier alpha value is -0.596. The minimum atomic E-state index is 0. The zero-order valence-electron chi connectivity index (χ0n) is 15.8. The molecular weight excluding hydrogens is 373 g/mol. The summed E-state index contributed by atoms with van der Waals surface area (Å²) in [5, 5.41) is 1.22. The molecule has 1 aliphatic carbocycles. The Kier molecular flexibility index (Phi) is 69.9. The molecule has 1 N–H and O–H groups in total. The summed E-state index contributed by atoms with van der Waals surface area (Å²) in [6, 6.07) is 10.1. The molecule has 1 nitrogen and oxygen atoms in total. The molecule has 0 spiro atoms. The Balaban J connectivity index is -0.0000000260. The van der Waals surface area contributed by atoms with Gasteiger partial charge in [-0.25, -0.2) is 12.2 Å². The van der Waals surface area contributed by atoms with Gasteiger partial charge in [-0.2, -0.15) is 17.5 Å². The fourth-order valence-corrected chi connectivity index (χ4v) is 1.27. The van der Waals surface area contributed by atoms with Crippen molar-refractivity contribution in [1.29, 1.82) is 0 Å². The molecule has 0 atom stereocenters. The van der Waals surface area contributed by atoms with Crippen LogP contribution in [0, 0.1) is 56.8 Å². The minimum absolute atomic E-state index is 0. The van der Waals surface area contributed by atoms with Gasteiger partial charge in [-0.05, 0) is 0 Å². The zero-order chi connectivity index (χ0) is 11.6. The Labute approximate surface area is 176 Å². The summed E-state index contributed by atoms with van der Waals surface area (Å²) >= 11 is 1.75. The predicted octanol–water partition coefficient (Wildman–Crippen LogP) is 6.78. The zero-order valence-corrected chi connectivity index (χ0v) is 19.0. The van der Waals surface area contributed by atoms with Crippen molar-refractivity contribution >= 4 is 40.5 Å².